The van der Waals surface area contributed by atoms with Gasteiger partial charge in [0.25, 0.3) is 0 Å². The van der Waals surface area contributed by atoms with E-state index < -0.39 is 0 Å². The molecule has 0 amide bonds. The Bertz CT molecular complexity index is 323. The van der Waals surface area contributed by atoms with Gasteiger partial charge >= 0.3 is 0 Å². The first-order valence-electron chi connectivity index (χ1n) is 3.99. The van der Waals surface area contributed by atoms with Gasteiger partial charge in [0, 0.05) is 6.42 Å². The second kappa shape index (κ2) is 2.96. The van der Waals surface area contributed by atoms with Crippen LogP contribution in [0.15, 0.2) is 24.3 Å². The van der Waals surface area contributed by atoms with Crippen LogP contribution in [0.2, 0.25) is 0 Å². The fraction of sp³-hybridized carbons (Fsp3) is 0.300. The topological polar surface area (TPSA) is 36.3 Å². The standard InChI is InChI=1S/C10H9NO/c11-6-9-3-1-2-8(4-9)5-10-7-12-10/h1-4,10H,5,7H2. The molecule has 0 aromatic heterocycles. The number of nitriles is 1. The second-order valence-electron chi connectivity index (χ2n) is 2.97. The first-order chi connectivity index (χ1) is 5.88. The Morgan fingerprint density at radius 2 is 2.42 bits per heavy atom. The van der Waals surface area contributed by atoms with Crippen LogP contribution in [0.3, 0.4) is 0 Å². The lowest BCUT2D eigenvalue weighted by atomic mass is 10.1. The summed E-state index contributed by atoms with van der Waals surface area (Å²) in [5.41, 5.74) is 1.92. The molecule has 2 rings (SSSR count). The zero-order valence-electron chi connectivity index (χ0n) is 6.66. The molecule has 0 saturated carbocycles. The van der Waals surface area contributed by atoms with Gasteiger partial charge < -0.3 is 4.74 Å². The fourth-order valence-electron chi connectivity index (χ4n) is 1.22. The van der Waals surface area contributed by atoms with Crippen LogP contribution < -0.4 is 0 Å². The summed E-state index contributed by atoms with van der Waals surface area (Å²) in [4.78, 5) is 0. The minimum Gasteiger partial charge on any atom is -0.373 e. The van der Waals surface area contributed by atoms with Gasteiger partial charge in [-0.1, -0.05) is 12.1 Å². The van der Waals surface area contributed by atoms with E-state index in [0.29, 0.717) is 6.10 Å². The van der Waals surface area contributed by atoms with E-state index in [1.807, 2.05) is 24.3 Å². The lowest BCUT2D eigenvalue weighted by Gasteiger charge is -1.96. The minimum absolute atomic E-state index is 0.402. The van der Waals surface area contributed by atoms with E-state index in [4.69, 9.17) is 10.00 Å². The molecule has 1 fully saturated rings. The molecular formula is C10H9NO. The minimum atomic E-state index is 0.402. The smallest absolute Gasteiger partial charge is 0.0991 e. The maximum atomic E-state index is 8.63. The Morgan fingerprint density at radius 3 is 3.08 bits per heavy atom. The SMILES string of the molecule is N#Cc1cccc(CC2CO2)c1. The maximum Gasteiger partial charge on any atom is 0.0991 e. The van der Waals surface area contributed by atoms with Gasteiger partial charge in [-0.05, 0) is 17.7 Å². The zero-order chi connectivity index (χ0) is 8.39. The average molecular weight is 159 g/mol. The Hall–Kier alpha value is -1.33. The predicted octanol–water partition coefficient (Wildman–Crippen LogP) is 1.50. The third-order valence-electron chi connectivity index (χ3n) is 1.92. The number of hydrogen-bond acceptors (Lipinski definition) is 2. The highest BCUT2D eigenvalue weighted by atomic mass is 16.6. The third kappa shape index (κ3) is 1.63. The van der Waals surface area contributed by atoms with Crippen molar-refractivity contribution in [2.75, 3.05) is 6.61 Å². The Morgan fingerprint density at radius 1 is 1.58 bits per heavy atom. The summed E-state index contributed by atoms with van der Waals surface area (Å²) < 4.78 is 5.10. The third-order valence-corrected chi connectivity index (χ3v) is 1.92. The summed E-state index contributed by atoms with van der Waals surface area (Å²) in [7, 11) is 0. The summed E-state index contributed by atoms with van der Waals surface area (Å²) in [6, 6.07) is 9.80. The molecular weight excluding hydrogens is 150 g/mol. The van der Waals surface area contributed by atoms with Crippen molar-refractivity contribution in [3.8, 4) is 6.07 Å². The summed E-state index contributed by atoms with van der Waals surface area (Å²) in [6.45, 7) is 0.872. The van der Waals surface area contributed by atoms with Crippen LogP contribution in [-0.4, -0.2) is 12.7 Å². The Kier molecular flexibility index (Phi) is 1.81. The second-order valence-corrected chi connectivity index (χ2v) is 2.97. The molecule has 0 N–H and O–H groups in total. The first kappa shape index (κ1) is 7.33. The van der Waals surface area contributed by atoms with E-state index in [9.17, 15) is 0 Å². The number of rotatable bonds is 2. The van der Waals surface area contributed by atoms with E-state index in [0.717, 1.165) is 18.6 Å². The molecule has 1 aromatic carbocycles. The molecule has 1 aromatic rings. The van der Waals surface area contributed by atoms with Crippen molar-refractivity contribution in [2.24, 2.45) is 0 Å². The molecule has 2 nitrogen and oxygen atoms in total. The van der Waals surface area contributed by atoms with Crippen LogP contribution in [0, 0.1) is 11.3 Å². The van der Waals surface area contributed by atoms with E-state index in [2.05, 4.69) is 6.07 Å². The predicted molar refractivity (Wildman–Crippen MR) is 44.6 cm³/mol. The molecule has 1 aliphatic heterocycles. The van der Waals surface area contributed by atoms with Crippen LogP contribution in [0.4, 0.5) is 0 Å². The van der Waals surface area contributed by atoms with Gasteiger partial charge in [0.05, 0.1) is 24.3 Å². The molecule has 1 saturated heterocycles. The van der Waals surface area contributed by atoms with Gasteiger partial charge in [0.15, 0.2) is 0 Å². The van der Waals surface area contributed by atoms with Gasteiger partial charge in [0.2, 0.25) is 0 Å². The van der Waals surface area contributed by atoms with Crippen molar-refractivity contribution < 1.29 is 4.74 Å². The zero-order valence-corrected chi connectivity index (χ0v) is 6.66. The van der Waals surface area contributed by atoms with E-state index >= 15 is 0 Å². The molecule has 1 heterocycles. The average Bonchev–Trinajstić information content (AvgIpc) is 2.89. The molecule has 0 aliphatic carbocycles. The van der Waals surface area contributed by atoms with Gasteiger partial charge in [0.1, 0.15) is 0 Å². The number of hydrogen-bond donors (Lipinski definition) is 0. The quantitative estimate of drug-likeness (QED) is 0.613. The van der Waals surface area contributed by atoms with Gasteiger partial charge in [-0.15, -0.1) is 0 Å². The monoisotopic (exact) mass is 159 g/mol. The molecule has 0 bridgehead atoms. The first-order valence-corrected chi connectivity index (χ1v) is 3.99. The molecule has 1 aliphatic rings. The molecule has 12 heavy (non-hydrogen) atoms. The number of benzene rings is 1. The van der Waals surface area contributed by atoms with Crippen molar-refractivity contribution in [3.63, 3.8) is 0 Å². The largest absolute Gasteiger partial charge is 0.373 e. The van der Waals surface area contributed by atoms with Crippen molar-refractivity contribution >= 4 is 0 Å². The van der Waals surface area contributed by atoms with Gasteiger partial charge in [-0.3, -0.25) is 0 Å². The van der Waals surface area contributed by atoms with E-state index in [1.54, 1.807) is 0 Å². The van der Waals surface area contributed by atoms with E-state index in [-0.39, 0.29) is 0 Å². The molecule has 1 unspecified atom stereocenters. The van der Waals surface area contributed by atoms with Crippen LogP contribution in [0.25, 0.3) is 0 Å². The Balaban J connectivity index is 2.15. The van der Waals surface area contributed by atoms with E-state index in [1.165, 1.54) is 5.56 Å². The molecule has 2 heteroatoms. The molecule has 1 atom stereocenters. The lowest BCUT2D eigenvalue weighted by molar-refractivity contribution is 0.407. The van der Waals surface area contributed by atoms with Crippen LogP contribution in [0.1, 0.15) is 11.1 Å². The summed E-state index contributed by atoms with van der Waals surface area (Å²) in [5.74, 6) is 0. The Labute approximate surface area is 71.4 Å². The molecule has 60 valence electrons. The van der Waals surface area contributed by atoms with Gasteiger partial charge in [-0.2, -0.15) is 5.26 Å². The number of epoxide rings is 1. The summed E-state index contributed by atoms with van der Waals surface area (Å²) in [5, 5.41) is 8.63. The highest BCUT2D eigenvalue weighted by molar-refractivity contribution is 5.33. The molecule has 0 radical (unpaired) electrons. The summed E-state index contributed by atoms with van der Waals surface area (Å²) >= 11 is 0. The van der Waals surface area contributed by atoms with Crippen molar-refractivity contribution in [1.29, 1.82) is 5.26 Å². The van der Waals surface area contributed by atoms with Crippen molar-refractivity contribution in [3.05, 3.63) is 35.4 Å². The number of ether oxygens (including phenoxy) is 1. The fourth-order valence-corrected chi connectivity index (χ4v) is 1.22. The van der Waals surface area contributed by atoms with Crippen LogP contribution in [0.5, 0.6) is 0 Å². The van der Waals surface area contributed by atoms with Gasteiger partial charge in [-0.25, -0.2) is 0 Å². The van der Waals surface area contributed by atoms with Crippen LogP contribution >= 0.6 is 0 Å². The van der Waals surface area contributed by atoms with Crippen molar-refractivity contribution in [2.45, 2.75) is 12.5 Å². The number of nitrogens with zero attached hydrogens (tertiary/aromatic N) is 1. The molecule has 0 spiro atoms. The highest BCUT2D eigenvalue weighted by Gasteiger charge is 2.22. The maximum absolute atomic E-state index is 8.63. The normalized spacial score (nSPS) is 20.1. The van der Waals surface area contributed by atoms with Crippen LogP contribution in [-0.2, 0) is 11.2 Å². The lowest BCUT2D eigenvalue weighted by Crippen LogP contribution is -1.92. The van der Waals surface area contributed by atoms with Crippen molar-refractivity contribution in [1.82, 2.24) is 0 Å². The summed E-state index contributed by atoms with van der Waals surface area (Å²) in [6.07, 6.45) is 1.34. The highest BCUT2D eigenvalue weighted by Crippen LogP contribution is 2.16.